The third-order valence-electron chi connectivity index (χ3n) is 3.06. The second-order valence-corrected chi connectivity index (χ2v) is 4.44. The first-order valence-electron chi connectivity index (χ1n) is 5.52. The van der Waals surface area contributed by atoms with Gasteiger partial charge in [-0.05, 0) is 26.7 Å². The van der Waals surface area contributed by atoms with Gasteiger partial charge in [0.05, 0.1) is 5.69 Å². The van der Waals surface area contributed by atoms with Gasteiger partial charge in [-0.15, -0.1) is 0 Å². The number of rotatable bonds is 2. The van der Waals surface area contributed by atoms with E-state index in [1.165, 1.54) is 0 Å². The first-order chi connectivity index (χ1) is 7.94. The highest BCUT2D eigenvalue weighted by molar-refractivity contribution is 5.98. The van der Waals surface area contributed by atoms with Crippen LogP contribution in [0.15, 0.2) is 0 Å². The summed E-state index contributed by atoms with van der Waals surface area (Å²) < 4.78 is 5.64. The van der Waals surface area contributed by atoms with E-state index < -0.39 is 11.5 Å². The number of nitrogens with zero attached hydrogens (tertiary/aromatic N) is 2. The van der Waals surface area contributed by atoms with Crippen molar-refractivity contribution in [3.05, 3.63) is 17.1 Å². The minimum absolute atomic E-state index is 0.122. The van der Waals surface area contributed by atoms with Crippen LogP contribution in [0.3, 0.4) is 0 Å². The fraction of sp³-hybridized carbons (Fsp3) is 0.545. The summed E-state index contributed by atoms with van der Waals surface area (Å²) in [5.41, 5.74) is 11.1. The quantitative estimate of drug-likeness (QED) is 0.777. The zero-order chi connectivity index (χ0) is 12.6. The molecule has 1 amide bonds. The van der Waals surface area contributed by atoms with Crippen molar-refractivity contribution in [2.24, 2.45) is 5.73 Å². The molecule has 1 atom stereocenters. The Morgan fingerprint density at radius 3 is 2.65 bits per heavy atom. The summed E-state index contributed by atoms with van der Waals surface area (Å²) >= 11 is 0. The Balaban J connectivity index is 2.48. The molecule has 92 valence electrons. The molecule has 1 aliphatic rings. The molecule has 0 aliphatic carbocycles. The Labute approximate surface area is 99.4 Å². The first kappa shape index (κ1) is 11.8. The molecule has 1 aromatic rings. The summed E-state index contributed by atoms with van der Waals surface area (Å²) in [5, 5.41) is 0. The SMILES string of the molecule is Cc1nc(C2(C)CCCO2)nc(N)c1C(N)=O. The Hall–Kier alpha value is -1.69. The minimum atomic E-state index is -0.607. The molecular formula is C11H16N4O2. The summed E-state index contributed by atoms with van der Waals surface area (Å²) in [6.45, 7) is 4.31. The van der Waals surface area contributed by atoms with Crippen LogP contribution in [0.4, 0.5) is 5.82 Å². The van der Waals surface area contributed by atoms with Gasteiger partial charge in [0.15, 0.2) is 5.82 Å². The van der Waals surface area contributed by atoms with Gasteiger partial charge in [0.1, 0.15) is 17.0 Å². The topological polar surface area (TPSA) is 104 Å². The van der Waals surface area contributed by atoms with E-state index in [1.54, 1.807) is 6.92 Å². The number of amides is 1. The number of nitrogens with two attached hydrogens (primary N) is 2. The van der Waals surface area contributed by atoms with Crippen LogP contribution in [0.5, 0.6) is 0 Å². The Kier molecular flexibility index (Phi) is 2.74. The van der Waals surface area contributed by atoms with Crippen LogP contribution in [0, 0.1) is 6.92 Å². The normalized spacial score (nSPS) is 23.9. The molecule has 6 nitrogen and oxygen atoms in total. The third kappa shape index (κ3) is 1.95. The van der Waals surface area contributed by atoms with Crippen LogP contribution in [0.1, 0.15) is 41.6 Å². The van der Waals surface area contributed by atoms with E-state index in [0.717, 1.165) is 12.8 Å². The lowest BCUT2D eigenvalue weighted by atomic mass is 10.0. The van der Waals surface area contributed by atoms with Gasteiger partial charge in [0.25, 0.3) is 5.91 Å². The maximum Gasteiger partial charge on any atom is 0.254 e. The van der Waals surface area contributed by atoms with E-state index in [0.29, 0.717) is 18.1 Å². The molecule has 1 fully saturated rings. The molecule has 0 saturated carbocycles. The Morgan fingerprint density at radius 1 is 1.47 bits per heavy atom. The fourth-order valence-corrected chi connectivity index (χ4v) is 2.09. The van der Waals surface area contributed by atoms with E-state index in [4.69, 9.17) is 16.2 Å². The van der Waals surface area contributed by atoms with Crippen LogP contribution < -0.4 is 11.5 Å². The van der Waals surface area contributed by atoms with Crippen LogP contribution >= 0.6 is 0 Å². The van der Waals surface area contributed by atoms with Crippen LogP contribution in [-0.4, -0.2) is 22.5 Å². The number of carbonyl (C=O) groups is 1. The van der Waals surface area contributed by atoms with Gasteiger partial charge in [-0.3, -0.25) is 4.79 Å². The number of hydrogen-bond donors (Lipinski definition) is 2. The zero-order valence-corrected chi connectivity index (χ0v) is 9.99. The maximum absolute atomic E-state index is 11.2. The van der Waals surface area contributed by atoms with Crippen molar-refractivity contribution >= 4 is 11.7 Å². The average Bonchev–Trinajstić information content (AvgIpc) is 2.64. The van der Waals surface area contributed by atoms with Gasteiger partial charge in [-0.2, -0.15) is 0 Å². The van der Waals surface area contributed by atoms with Crippen molar-refractivity contribution < 1.29 is 9.53 Å². The predicted octanol–water partition coefficient (Wildman–Crippen LogP) is 0.492. The number of anilines is 1. The molecule has 6 heteroatoms. The van der Waals surface area contributed by atoms with Gasteiger partial charge < -0.3 is 16.2 Å². The van der Waals surface area contributed by atoms with Crippen molar-refractivity contribution in [1.29, 1.82) is 0 Å². The van der Waals surface area contributed by atoms with Gasteiger partial charge in [-0.25, -0.2) is 9.97 Å². The lowest BCUT2D eigenvalue weighted by Crippen LogP contribution is -2.26. The number of aromatic nitrogens is 2. The molecule has 0 radical (unpaired) electrons. The first-order valence-corrected chi connectivity index (χ1v) is 5.52. The predicted molar refractivity (Wildman–Crippen MR) is 62.2 cm³/mol. The third-order valence-corrected chi connectivity index (χ3v) is 3.06. The molecule has 2 rings (SSSR count). The maximum atomic E-state index is 11.2. The van der Waals surface area contributed by atoms with Crippen molar-refractivity contribution in [2.45, 2.75) is 32.3 Å². The van der Waals surface area contributed by atoms with Gasteiger partial charge in [0.2, 0.25) is 0 Å². The Morgan fingerprint density at radius 2 is 2.18 bits per heavy atom. The molecule has 0 aromatic carbocycles. The van der Waals surface area contributed by atoms with Gasteiger partial charge >= 0.3 is 0 Å². The molecule has 2 heterocycles. The molecule has 1 unspecified atom stereocenters. The van der Waals surface area contributed by atoms with Crippen molar-refractivity contribution in [2.75, 3.05) is 12.3 Å². The van der Waals surface area contributed by atoms with Crippen molar-refractivity contribution in [3.63, 3.8) is 0 Å². The van der Waals surface area contributed by atoms with Crippen LogP contribution in [-0.2, 0) is 10.3 Å². The fourth-order valence-electron chi connectivity index (χ4n) is 2.09. The van der Waals surface area contributed by atoms with Crippen LogP contribution in [0.25, 0.3) is 0 Å². The summed E-state index contributed by atoms with van der Waals surface area (Å²) in [4.78, 5) is 19.6. The molecule has 0 bridgehead atoms. The number of aryl methyl sites for hydroxylation is 1. The minimum Gasteiger partial charge on any atom is -0.383 e. The zero-order valence-electron chi connectivity index (χ0n) is 9.99. The Bertz CT molecular complexity index is 444. The second kappa shape index (κ2) is 3.96. The van der Waals surface area contributed by atoms with Gasteiger partial charge in [0, 0.05) is 6.61 Å². The molecule has 17 heavy (non-hydrogen) atoms. The molecule has 0 spiro atoms. The largest absolute Gasteiger partial charge is 0.383 e. The molecule has 1 aromatic heterocycles. The molecule has 1 saturated heterocycles. The van der Waals surface area contributed by atoms with E-state index in [1.807, 2.05) is 6.92 Å². The van der Waals surface area contributed by atoms with E-state index in [-0.39, 0.29) is 11.4 Å². The standard InChI is InChI=1S/C11H16N4O2/c1-6-7(9(13)16)8(12)15-10(14-6)11(2)4-3-5-17-11/h3-5H2,1-2H3,(H2,13,16)(H2,12,14,15). The monoisotopic (exact) mass is 236 g/mol. The van der Waals surface area contributed by atoms with Crippen molar-refractivity contribution in [1.82, 2.24) is 9.97 Å². The highest BCUT2D eigenvalue weighted by Gasteiger charge is 2.35. The summed E-state index contributed by atoms with van der Waals surface area (Å²) in [7, 11) is 0. The molecular weight excluding hydrogens is 220 g/mol. The summed E-state index contributed by atoms with van der Waals surface area (Å²) in [6.07, 6.45) is 1.82. The van der Waals surface area contributed by atoms with Gasteiger partial charge in [-0.1, -0.05) is 0 Å². The smallest absolute Gasteiger partial charge is 0.254 e. The highest BCUT2D eigenvalue weighted by Crippen LogP contribution is 2.34. The van der Waals surface area contributed by atoms with E-state index in [9.17, 15) is 4.79 Å². The number of primary amides is 1. The van der Waals surface area contributed by atoms with E-state index >= 15 is 0 Å². The average molecular weight is 236 g/mol. The van der Waals surface area contributed by atoms with E-state index in [2.05, 4.69) is 9.97 Å². The lowest BCUT2D eigenvalue weighted by molar-refractivity contribution is 0.00928. The number of carbonyl (C=O) groups excluding carboxylic acids is 1. The lowest BCUT2D eigenvalue weighted by Gasteiger charge is -2.22. The summed E-state index contributed by atoms with van der Waals surface area (Å²) in [5.74, 6) is 0.0377. The molecule has 4 N–H and O–H groups in total. The number of hydrogen-bond acceptors (Lipinski definition) is 5. The highest BCUT2D eigenvalue weighted by atomic mass is 16.5. The number of nitrogen functional groups attached to an aromatic ring is 1. The number of ether oxygens (including phenoxy) is 1. The second-order valence-electron chi connectivity index (χ2n) is 4.44. The summed E-state index contributed by atoms with van der Waals surface area (Å²) in [6, 6.07) is 0. The van der Waals surface area contributed by atoms with Crippen LogP contribution in [0.2, 0.25) is 0 Å². The van der Waals surface area contributed by atoms with Crippen molar-refractivity contribution in [3.8, 4) is 0 Å². The molecule has 1 aliphatic heterocycles.